The van der Waals surface area contributed by atoms with Gasteiger partial charge in [0, 0.05) is 24.1 Å². The molecule has 0 saturated heterocycles. The molecule has 0 spiro atoms. The second-order valence-electron chi connectivity index (χ2n) is 5.10. The number of carbonyl (C=O) groups excluding carboxylic acids is 1. The number of nitrogens with zero attached hydrogens (tertiary/aromatic N) is 2. The van der Waals surface area contributed by atoms with E-state index in [1.165, 1.54) is 17.0 Å². The van der Waals surface area contributed by atoms with Gasteiger partial charge in [-0.15, -0.1) is 0 Å². The number of rotatable bonds is 4. The van der Waals surface area contributed by atoms with Crippen LogP contribution in [-0.2, 0) is 0 Å². The first-order valence-electron chi connectivity index (χ1n) is 7.52. The lowest BCUT2D eigenvalue weighted by Crippen LogP contribution is -2.28. The summed E-state index contributed by atoms with van der Waals surface area (Å²) in [7, 11) is 1.55. The summed E-state index contributed by atoms with van der Waals surface area (Å²) in [5, 5.41) is 5.11. The summed E-state index contributed by atoms with van der Waals surface area (Å²) >= 11 is 0. The maximum absolute atomic E-state index is 12.6. The van der Waals surface area contributed by atoms with E-state index in [-0.39, 0.29) is 5.82 Å². The second-order valence-corrected chi connectivity index (χ2v) is 5.10. The standard InChI is InChI=1S/C18H16N4O3/c1-25-15-9-5-8-14(12-15)22-11-10-19-16(17(22)23)21-18(24)20-13-6-3-2-4-7-13/h2-12H,1H3,(H2,19,20,21,24). The van der Waals surface area contributed by atoms with Gasteiger partial charge in [-0.05, 0) is 24.3 Å². The molecule has 25 heavy (non-hydrogen) atoms. The van der Waals surface area contributed by atoms with Crippen LogP contribution >= 0.6 is 0 Å². The van der Waals surface area contributed by atoms with Crippen LogP contribution in [0.5, 0.6) is 5.75 Å². The van der Waals surface area contributed by atoms with E-state index in [4.69, 9.17) is 4.74 Å². The number of hydrogen-bond acceptors (Lipinski definition) is 4. The van der Waals surface area contributed by atoms with Crippen LogP contribution in [-0.4, -0.2) is 22.7 Å². The minimum atomic E-state index is -0.542. The minimum absolute atomic E-state index is 0.0706. The quantitative estimate of drug-likeness (QED) is 0.767. The van der Waals surface area contributed by atoms with Crippen molar-refractivity contribution in [3.63, 3.8) is 0 Å². The molecule has 0 bridgehead atoms. The summed E-state index contributed by atoms with van der Waals surface area (Å²) in [4.78, 5) is 28.6. The maximum Gasteiger partial charge on any atom is 0.325 e. The first-order valence-corrected chi connectivity index (χ1v) is 7.52. The Morgan fingerprint density at radius 2 is 1.88 bits per heavy atom. The van der Waals surface area contributed by atoms with Gasteiger partial charge < -0.3 is 10.1 Å². The number of nitrogens with one attached hydrogen (secondary N) is 2. The summed E-state index contributed by atoms with van der Waals surface area (Å²) in [5.74, 6) is 0.552. The molecule has 1 heterocycles. The molecule has 1 aromatic heterocycles. The molecule has 0 aliphatic rings. The number of methoxy groups -OCH3 is 1. The maximum atomic E-state index is 12.6. The Kier molecular flexibility index (Phi) is 4.75. The zero-order valence-electron chi connectivity index (χ0n) is 13.5. The van der Waals surface area contributed by atoms with E-state index >= 15 is 0 Å². The molecule has 0 aliphatic carbocycles. The van der Waals surface area contributed by atoms with Gasteiger partial charge >= 0.3 is 6.03 Å². The number of ether oxygens (including phenoxy) is 1. The highest BCUT2D eigenvalue weighted by Crippen LogP contribution is 2.15. The van der Waals surface area contributed by atoms with Gasteiger partial charge in [0.2, 0.25) is 5.82 Å². The van der Waals surface area contributed by atoms with Crippen LogP contribution in [0, 0.1) is 0 Å². The Labute approximate surface area is 143 Å². The van der Waals surface area contributed by atoms with E-state index in [1.807, 2.05) is 6.07 Å². The van der Waals surface area contributed by atoms with Crippen LogP contribution in [0.25, 0.3) is 5.69 Å². The molecule has 0 unspecified atom stereocenters. The number of benzene rings is 2. The van der Waals surface area contributed by atoms with Gasteiger partial charge in [-0.2, -0.15) is 0 Å². The fourth-order valence-corrected chi connectivity index (χ4v) is 2.25. The first kappa shape index (κ1) is 16.3. The smallest absolute Gasteiger partial charge is 0.325 e. The van der Waals surface area contributed by atoms with Crippen molar-refractivity contribution in [3.05, 3.63) is 77.3 Å². The average molecular weight is 336 g/mol. The Bertz CT molecular complexity index is 938. The molecular formula is C18H16N4O3. The first-order chi connectivity index (χ1) is 12.2. The van der Waals surface area contributed by atoms with Crippen LogP contribution in [0.15, 0.2) is 71.8 Å². The fraction of sp³-hybridized carbons (Fsp3) is 0.0556. The van der Waals surface area contributed by atoms with Gasteiger partial charge in [-0.3, -0.25) is 14.7 Å². The lowest BCUT2D eigenvalue weighted by Gasteiger charge is -2.10. The molecule has 0 aliphatic heterocycles. The molecule has 3 aromatic rings. The fourth-order valence-electron chi connectivity index (χ4n) is 2.25. The van der Waals surface area contributed by atoms with E-state index < -0.39 is 11.6 Å². The van der Waals surface area contributed by atoms with Crippen LogP contribution < -0.4 is 20.9 Å². The molecule has 0 saturated carbocycles. The van der Waals surface area contributed by atoms with Crippen LogP contribution in [0.3, 0.4) is 0 Å². The number of aromatic nitrogens is 2. The third-order valence-corrected chi connectivity index (χ3v) is 3.44. The summed E-state index contributed by atoms with van der Waals surface area (Å²) in [6, 6.07) is 15.4. The molecule has 7 heteroatoms. The van der Waals surface area contributed by atoms with Crippen LogP contribution in [0.1, 0.15) is 0 Å². The van der Waals surface area contributed by atoms with Gasteiger partial charge in [0.1, 0.15) is 5.75 Å². The summed E-state index contributed by atoms with van der Waals surface area (Å²) in [6.07, 6.45) is 2.97. The third kappa shape index (κ3) is 3.84. The predicted octanol–water partition coefficient (Wildman–Crippen LogP) is 2.89. The minimum Gasteiger partial charge on any atom is -0.497 e. The Balaban J connectivity index is 1.83. The van der Waals surface area contributed by atoms with Crippen molar-refractivity contribution in [2.45, 2.75) is 0 Å². The monoisotopic (exact) mass is 336 g/mol. The predicted molar refractivity (Wildman–Crippen MR) is 95.5 cm³/mol. The Morgan fingerprint density at radius 1 is 1.08 bits per heavy atom. The molecular weight excluding hydrogens is 320 g/mol. The molecule has 2 N–H and O–H groups in total. The van der Waals surface area contributed by atoms with Crippen LogP contribution in [0.4, 0.5) is 16.3 Å². The van der Waals surface area contributed by atoms with Crippen molar-refractivity contribution in [1.82, 2.24) is 9.55 Å². The van der Waals surface area contributed by atoms with E-state index in [2.05, 4.69) is 15.6 Å². The number of hydrogen-bond donors (Lipinski definition) is 2. The number of urea groups is 1. The van der Waals surface area contributed by atoms with Crippen LogP contribution in [0.2, 0.25) is 0 Å². The normalized spacial score (nSPS) is 10.1. The molecule has 0 fully saturated rings. The highest BCUT2D eigenvalue weighted by atomic mass is 16.5. The third-order valence-electron chi connectivity index (χ3n) is 3.44. The summed E-state index contributed by atoms with van der Waals surface area (Å²) < 4.78 is 6.55. The second kappa shape index (κ2) is 7.31. The SMILES string of the molecule is COc1cccc(-n2ccnc(NC(=O)Nc3ccccc3)c2=O)c1. The zero-order chi connectivity index (χ0) is 17.6. The van der Waals surface area contributed by atoms with E-state index in [0.29, 0.717) is 17.1 Å². The molecule has 0 radical (unpaired) electrons. The topological polar surface area (TPSA) is 85.2 Å². The van der Waals surface area contributed by atoms with Crippen molar-refractivity contribution < 1.29 is 9.53 Å². The number of para-hydroxylation sites is 1. The zero-order valence-corrected chi connectivity index (χ0v) is 13.5. The van der Waals surface area contributed by atoms with Crippen molar-refractivity contribution in [3.8, 4) is 11.4 Å². The molecule has 3 rings (SSSR count). The Morgan fingerprint density at radius 3 is 2.64 bits per heavy atom. The number of amides is 2. The lowest BCUT2D eigenvalue weighted by molar-refractivity contribution is 0.262. The van der Waals surface area contributed by atoms with E-state index in [0.717, 1.165) is 0 Å². The van der Waals surface area contributed by atoms with Crippen molar-refractivity contribution >= 4 is 17.5 Å². The number of carbonyl (C=O) groups is 1. The largest absolute Gasteiger partial charge is 0.497 e. The van der Waals surface area contributed by atoms with Gasteiger partial charge in [0.25, 0.3) is 5.56 Å². The van der Waals surface area contributed by atoms with E-state index in [1.54, 1.807) is 55.6 Å². The summed E-state index contributed by atoms with van der Waals surface area (Å²) in [5.41, 5.74) is 0.779. The van der Waals surface area contributed by atoms with Gasteiger partial charge in [0.05, 0.1) is 12.8 Å². The Hall–Kier alpha value is -3.61. The molecule has 2 amide bonds. The molecule has 2 aromatic carbocycles. The highest BCUT2D eigenvalue weighted by molar-refractivity contribution is 5.98. The van der Waals surface area contributed by atoms with Crippen molar-refractivity contribution in [2.24, 2.45) is 0 Å². The van der Waals surface area contributed by atoms with Gasteiger partial charge in [-0.25, -0.2) is 9.78 Å². The highest BCUT2D eigenvalue weighted by Gasteiger charge is 2.10. The molecule has 126 valence electrons. The van der Waals surface area contributed by atoms with Gasteiger partial charge in [0.15, 0.2) is 0 Å². The van der Waals surface area contributed by atoms with Crippen molar-refractivity contribution in [1.29, 1.82) is 0 Å². The average Bonchev–Trinajstić information content (AvgIpc) is 2.64. The number of anilines is 2. The van der Waals surface area contributed by atoms with Gasteiger partial charge in [-0.1, -0.05) is 24.3 Å². The molecule has 7 nitrogen and oxygen atoms in total. The van der Waals surface area contributed by atoms with E-state index in [9.17, 15) is 9.59 Å². The lowest BCUT2D eigenvalue weighted by atomic mass is 10.3. The van der Waals surface area contributed by atoms with Crippen molar-refractivity contribution in [2.75, 3.05) is 17.7 Å². The molecule has 0 atom stereocenters. The summed E-state index contributed by atoms with van der Waals surface area (Å²) in [6.45, 7) is 0.